The van der Waals surface area contributed by atoms with Gasteiger partial charge in [0.15, 0.2) is 17.3 Å². The van der Waals surface area contributed by atoms with Gasteiger partial charge in [-0.05, 0) is 47.7 Å². The van der Waals surface area contributed by atoms with E-state index in [9.17, 15) is 8.78 Å². The van der Waals surface area contributed by atoms with E-state index in [-0.39, 0.29) is 11.5 Å². The van der Waals surface area contributed by atoms with Crippen LogP contribution in [-0.4, -0.2) is 23.2 Å². The summed E-state index contributed by atoms with van der Waals surface area (Å²) in [7, 11) is 0. The van der Waals surface area contributed by atoms with Crippen molar-refractivity contribution in [3.63, 3.8) is 0 Å². The number of nitrogens with two attached hydrogens (primary N) is 1. The van der Waals surface area contributed by atoms with Gasteiger partial charge in [-0.1, -0.05) is 0 Å². The summed E-state index contributed by atoms with van der Waals surface area (Å²) in [6.07, 6.45) is 1.59. The highest BCUT2D eigenvalue weighted by Gasteiger charge is 2.13. The Balaban J connectivity index is 2.40. The Labute approximate surface area is 133 Å². The van der Waals surface area contributed by atoms with Crippen LogP contribution < -0.4 is 15.2 Å². The molecule has 0 unspecified atom stereocenters. The molecule has 5 nitrogen and oxygen atoms in total. The number of aromatic nitrogens is 2. The summed E-state index contributed by atoms with van der Waals surface area (Å²) < 4.78 is 35.1. The average Bonchev–Trinajstić information content (AvgIpc) is 2.43. The Morgan fingerprint density at radius 3 is 2.71 bits per heavy atom. The summed E-state index contributed by atoms with van der Waals surface area (Å²) in [6, 6.07) is 4.51. The summed E-state index contributed by atoms with van der Waals surface area (Å²) >= 11 is 2.02. The largest absolute Gasteiger partial charge is 0.490 e. The second kappa shape index (κ2) is 6.83. The van der Waals surface area contributed by atoms with E-state index in [0.29, 0.717) is 23.8 Å². The van der Waals surface area contributed by atoms with Gasteiger partial charge in [-0.2, -0.15) is 8.78 Å². The summed E-state index contributed by atoms with van der Waals surface area (Å²) in [4.78, 5) is 8.31. The molecular formula is C13H12F2IN3O2. The lowest BCUT2D eigenvalue weighted by atomic mass is 10.2. The Kier molecular flexibility index (Phi) is 5.10. The van der Waals surface area contributed by atoms with Crippen molar-refractivity contribution in [2.24, 2.45) is 0 Å². The molecule has 2 N–H and O–H groups in total. The number of hydrogen-bond donors (Lipinski definition) is 1. The standard InChI is InChI=1S/C13H12F2IN3O2/c1-2-20-10-5-7(3-4-9(10)21-13(14)15)12-18-6-8(16)11(17)19-12/h3-6,13H,2H2,1H3,(H2,17,18,19). The highest BCUT2D eigenvalue weighted by Crippen LogP contribution is 2.33. The van der Waals surface area contributed by atoms with Crippen molar-refractivity contribution >= 4 is 28.4 Å². The number of ether oxygens (including phenoxy) is 2. The predicted octanol–water partition coefficient (Wildman–Crippen LogP) is 3.33. The molecule has 1 heterocycles. The SMILES string of the molecule is CCOc1cc(-c2ncc(I)c(N)n2)ccc1OC(F)F. The molecule has 0 atom stereocenters. The van der Waals surface area contributed by atoms with Crippen LogP contribution in [0.4, 0.5) is 14.6 Å². The van der Waals surface area contributed by atoms with E-state index in [2.05, 4.69) is 14.7 Å². The second-order valence-electron chi connectivity index (χ2n) is 3.90. The van der Waals surface area contributed by atoms with Gasteiger partial charge in [0.25, 0.3) is 0 Å². The minimum Gasteiger partial charge on any atom is -0.490 e. The third-order valence-corrected chi connectivity index (χ3v) is 3.32. The van der Waals surface area contributed by atoms with E-state index in [1.54, 1.807) is 25.3 Å². The zero-order chi connectivity index (χ0) is 15.4. The van der Waals surface area contributed by atoms with Crippen molar-refractivity contribution in [3.05, 3.63) is 28.0 Å². The predicted molar refractivity (Wildman–Crippen MR) is 82.4 cm³/mol. The molecule has 0 amide bonds. The highest BCUT2D eigenvalue weighted by atomic mass is 127. The number of nitrogen functional groups attached to an aromatic ring is 1. The van der Waals surface area contributed by atoms with Crippen molar-refractivity contribution in [2.75, 3.05) is 12.3 Å². The number of nitrogens with zero attached hydrogens (tertiary/aromatic N) is 2. The Hall–Kier alpha value is -1.71. The van der Waals surface area contributed by atoms with Crippen molar-refractivity contribution in [2.45, 2.75) is 13.5 Å². The van der Waals surface area contributed by atoms with Gasteiger partial charge >= 0.3 is 6.61 Å². The van der Waals surface area contributed by atoms with Crippen LogP contribution in [0, 0.1) is 3.57 Å². The molecule has 0 radical (unpaired) electrons. The molecule has 0 bridgehead atoms. The van der Waals surface area contributed by atoms with E-state index >= 15 is 0 Å². The van der Waals surface area contributed by atoms with Gasteiger partial charge in [-0.25, -0.2) is 9.97 Å². The van der Waals surface area contributed by atoms with Crippen molar-refractivity contribution in [1.82, 2.24) is 9.97 Å². The fourth-order valence-electron chi connectivity index (χ4n) is 1.63. The molecule has 2 aromatic rings. The summed E-state index contributed by atoms with van der Waals surface area (Å²) in [5, 5.41) is 0. The van der Waals surface area contributed by atoms with Gasteiger partial charge in [0.05, 0.1) is 10.2 Å². The molecule has 0 fully saturated rings. The number of rotatable bonds is 5. The van der Waals surface area contributed by atoms with Crippen LogP contribution in [0.2, 0.25) is 0 Å². The maximum absolute atomic E-state index is 12.3. The zero-order valence-electron chi connectivity index (χ0n) is 11.0. The van der Waals surface area contributed by atoms with Crippen molar-refractivity contribution < 1.29 is 18.3 Å². The summed E-state index contributed by atoms with van der Waals surface area (Å²) in [6.45, 7) is -0.850. The first-order chi connectivity index (χ1) is 10.0. The van der Waals surface area contributed by atoms with Gasteiger partial charge in [0.1, 0.15) is 5.82 Å². The number of halogens is 3. The number of anilines is 1. The topological polar surface area (TPSA) is 70.3 Å². The van der Waals surface area contributed by atoms with Crippen LogP contribution >= 0.6 is 22.6 Å². The minimum atomic E-state index is -2.92. The normalized spacial score (nSPS) is 10.7. The van der Waals surface area contributed by atoms with Crippen LogP contribution in [0.25, 0.3) is 11.4 Å². The molecule has 0 saturated carbocycles. The molecule has 21 heavy (non-hydrogen) atoms. The van der Waals surface area contributed by atoms with Crippen molar-refractivity contribution in [3.8, 4) is 22.9 Å². The number of benzene rings is 1. The third kappa shape index (κ3) is 3.90. The van der Waals surface area contributed by atoms with Gasteiger partial charge in [-0.3, -0.25) is 0 Å². The zero-order valence-corrected chi connectivity index (χ0v) is 13.2. The van der Waals surface area contributed by atoms with E-state index < -0.39 is 6.61 Å². The summed E-state index contributed by atoms with van der Waals surface area (Å²) in [5.41, 5.74) is 6.34. The molecule has 1 aromatic heterocycles. The Morgan fingerprint density at radius 2 is 2.10 bits per heavy atom. The molecule has 0 spiro atoms. The quantitative estimate of drug-likeness (QED) is 0.771. The maximum atomic E-state index is 12.3. The molecule has 2 rings (SSSR count). The minimum absolute atomic E-state index is 0.0333. The lowest BCUT2D eigenvalue weighted by Gasteiger charge is -2.12. The van der Waals surface area contributed by atoms with Crippen LogP contribution in [0.1, 0.15) is 6.92 Å². The second-order valence-corrected chi connectivity index (χ2v) is 5.06. The molecule has 1 aromatic carbocycles. The fraction of sp³-hybridized carbons (Fsp3) is 0.231. The van der Waals surface area contributed by atoms with E-state index in [1.165, 1.54) is 6.07 Å². The Morgan fingerprint density at radius 1 is 1.33 bits per heavy atom. The van der Waals surface area contributed by atoms with Gasteiger partial charge in [0.2, 0.25) is 0 Å². The van der Waals surface area contributed by atoms with Gasteiger partial charge in [0, 0.05) is 11.8 Å². The van der Waals surface area contributed by atoms with E-state index in [0.717, 1.165) is 3.57 Å². The van der Waals surface area contributed by atoms with Crippen LogP contribution in [0.5, 0.6) is 11.5 Å². The summed E-state index contributed by atoms with van der Waals surface area (Å²) in [5.74, 6) is 0.911. The molecule has 8 heteroatoms. The number of hydrogen-bond acceptors (Lipinski definition) is 5. The maximum Gasteiger partial charge on any atom is 0.387 e. The molecule has 0 aliphatic carbocycles. The van der Waals surface area contributed by atoms with Crippen LogP contribution in [0.15, 0.2) is 24.4 Å². The monoisotopic (exact) mass is 407 g/mol. The third-order valence-electron chi connectivity index (χ3n) is 2.49. The lowest BCUT2D eigenvalue weighted by molar-refractivity contribution is -0.0514. The molecule has 0 aliphatic rings. The first kappa shape index (κ1) is 15.7. The fourth-order valence-corrected chi connectivity index (χ4v) is 1.89. The van der Waals surface area contributed by atoms with Crippen molar-refractivity contribution in [1.29, 1.82) is 0 Å². The Bertz CT molecular complexity index is 641. The molecule has 0 saturated heterocycles. The first-order valence-corrected chi connectivity index (χ1v) is 7.09. The van der Waals surface area contributed by atoms with Gasteiger partial charge < -0.3 is 15.2 Å². The smallest absolute Gasteiger partial charge is 0.387 e. The van der Waals surface area contributed by atoms with Crippen LogP contribution in [0.3, 0.4) is 0 Å². The average molecular weight is 407 g/mol. The number of alkyl halides is 2. The van der Waals surface area contributed by atoms with E-state index in [4.69, 9.17) is 10.5 Å². The van der Waals surface area contributed by atoms with Crippen LogP contribution in [-0.2, 0) is 0 Å². The van der Waals surface area contributed by atoms with E-state index in [1.807, 2.05) is 22.6 Å². The lowest BCUT2D eigenvalue weighted by Crippen LogP contribution is -2.05. The first-order valence-electron chi connectivity index (χ1n) is 6.01. The highest BCUT2D eigenvalue weighted by molar-refractivity contribution is 14.1. The molecule has 112 valence electrons. The van der Waals surface area contributed by atoms with Gasteiger partial charge in [-0.15, -0.1) is 0 Å². The molecular weight excluding hydrogens is 395 g/mol. The molecule has 0 aliphatic heterocycles.